The summed E-state index contributed by atoms with van der Waals surface area (Å²) in [5.41, 5.74) is 0.904. The molecular weight excluding hydrogens is 336 g/mol. The summed E-state index contributed by atoms with van der Waals surface area (Å²) < 4.78 is 0.823. The number of aryl methyl sites for hydroxylation is 1. The fourth-order valence-corrected chi connectivity index (χ4v) is 3.27. The Bertz CT molecular complexity index is 537. The Hall–Kier alpha value is -1.41. The minimum absolute atomic E-state index is 0.0641. The van der Waals surface area contributed by atoms with E-state index in [0.29, 0.717) is 4.88 Å². The number of carboxylic acids is 1. The molecular formula is C11H11BrN2O4S. The van der Waals surface area contributed by atoms with Crippen molar-refractivity contribution in [3.8, 4) is 0 Å². The number of hydrogen-bond acceptors (Lipinski definition) is 4. The Morgan fingerprint density at radius 3 is 2.79 bits per heavy atom. The van der Waals surface area contributed by atoms with Gasteiger partial charge in [0.15, 0.2) is 0 Å². The maximum absolute atomic E-state index is 12.3. The molecule has 1 aromatic heterocycles. The first kappa shape index (κ1) is 14.0. The van der Waals surface area contributed by atoms with E-state index in [1.807, 2.05) is 6.92 Å². The smallest absolute Gasteiger partial charge is 0.328 e. The molecule has 102 valence electrons. The molecule has 1 aromatic rings. The summed E-state index contributed by atoms with van der Waals surface area (Å²) in [7, 11) is 0. The maximum atomic E-state index is 12.3. The van der Waals surface area contributed by atoms with Crippen molar-refractivity contribution in [3.05, 3.63) is 20.3 Å². The van der Waals surface area contributed by atoms with Crippen LogP contribution in [0.2, 0.25) is 0 Å². The number of carboxylic acid groups (broad SMARTS) is 1. The topological polar surface area (TPSA) is 86.7 Å². The van der Waals surface area contributed by atoms with Gasteiger partial charge in [-0.05, 0) is 34.5 Å². The van der Waals surface area contributed by atoms with Gasteiger partial charge >= 0.3 is 5.97 Å². The second-order valence-electron chi connectivity index (χ2n) is 4.16. The summed E-state index contributed by atoms with van der Waals surface area (Å²) in [6.45, 7) is 1.55. The molecule has 0 radical (unpaired) electrons. The van der Waals surface area contributed by atoms with Crippen molar-refractivity contribution in [2.24, 2.45) is 0 Å². The minimum Gasteiger partial charge on any atom is -0.480 e. The van der Waals surface area contributed by atoms with Gasteiger partial charge in [-0.2, -0.15) is 0 Å². The zero-order chi connectivity index (χ0) is 14.2. The maximum Gasteiger partial charge on any atom is 0.328 e. The van der Waals surface area contributed by atoms with Crippen LogP contribution in [0.5, 0.6) is 0 Å². The Morgan fingerprint density at radius 1 is 1.58 bits per heavy atom. The fraction of sp³-hybridized carbons (Fsp3) is 0.364. The van der Waals surface area contributed by atoms with Gasteiger partial charge in [0.25, 0.3) is 5.91 Å². The van der Waals surface area contributed by atoms with Crippen LogP contribution >= 0.6 is 27.3 Å². The van der Waals surface area contributed by atoms with E-state index in [1.54, 1.807) is 6.07 Å². The normalized spacial score (nSPS) is 19.2. The second-order valence-corrected chi connectivity index (χ2v) is 6.53. The van der Waals surface area contributed by atoms with Crippen molar-refractivity contribution >= 4 is 45.1 Å². The predicted octanol–water partition coefficient (Wildman–Crippen LogP) is 0.844. The lowest BCUT2D eigenvalue weighted by molar-refractivity contribution is -0.144. The number of hydrogen-bond donors (Lipinski definition) is 2. The molecule has 0 spiro atoms. The molecule has 1 fully saturated rings. The molecule has 1 aliphatic heterocycles. The standard InChI is InChI=1S/C11H11BrN2O4S/c1-5-2-7(19-9(5)12)10(16)14-4-8(15)13-3-6(14)11(17)18/h2,6H,3-4H2,1H3,(H,13,15)(H,17,18). The van der Waals surface area contributed by atoms with Crippen LogP contribution in [0.4, 0.5) is 0 Å². The molecule has 1 saturated heterocycles. The van der Waals surface area contributed by atoms with Gasteiger partial charge in [0.2, 0.25) is 5.91 Å². The van der Waals surface area contributed by atoms with Gasteiger partial charge < -0.3 is 15.3 Å². The predicted molar refractivity (Wildman–Crippen MR) is 72.2 cm³/mol. The summed E-state index contributed by atoms with van der Waals surface area (Å²) in [5.74, 6) is -1.90. The lowest BCUT2D eigenvalue weighted by atomic mass is 10.1. The van der Waals surface area contributed by atoms with Gasteiger partial charge in [0, 0.05) is 6.54 Å². The van der Waals surface area contributed by atoms with Crippen LogP contribution in [-0.4, -0.2) is 46.9 Å². The third-order valence-electron chi connectivity index (χ3n) is 2.80. The number of nitrogens with one attached hydrogen (secondary N) is 1. The van der Waals surface area contributed by atoms with Gasteiger partial charge in [0.1, 0.15) is 12.6 Å². The minimum atomic E-state index is -1.12. The van der Waals surface area contributed by atoms with Crippen molar-refractivity contribution in [3.63, 3.8) is 0 Å². The van der Waals surface area contributed by atoms with Crippen LogP contribution in [0.3, 0.4) is 0 Å². The van der Waals surface area contributed by atoms with E-state index < -0.39 is 17.9 Å². The molecule has 0 saturated carbocycles. The molecule has 2 amide bonds. The Balaban J connectivity index is 2.28. The van der Waals surface area contributed by atoms with Gasteiger partial charge in [-0.3, -0.25) is 9.59 Å². The molecule has 1 aliphatic rings. The first-order valence-corrected chi connectivity index (χ1v) is 7.07. The van der Waals surface area contributed by atoms with Gasteiger partial charge in [-0.1, -0.05) is 0 Å². The first-order valence-electron chi connectivity index (χ1n) is 5.46. The largest absolute Gasteiger partial charge is 0.480 e. The monoisotopic (exact) mass is 346 g/mol. The lowest BCUT2D eigenvalue weighted by Crippen LogP contribution is -2.59. The van der Waals surface area contributed by atoms with E-state index in [2.05, 4.69) is 21.2 Å². The average Bonchev–Trinajstić information content (AvgIpc) is 2.68. The molecule has 1 unspecified atom stereocenters. The molecule has 19 heavy (non-hydrogen) atoms. The summed E-state index contributed by atoms with van der Waals surface area (Å²) in [4.78, 5) is 36.3. The van der Waals surface area contributed by atoms with Crippen molar-refractivity contribution in [2.75, 3.05) is 13.1 Å². The van der Waals surface area contributed by atoms with Crippen LogP contribution in [0.1, 0.15) is 15.2 Å². The molecule has 0 aliphatic carbocycles. The molecule has 0 aromatic carbocycles. The molecule has 2 N–H and O–H groups in total. The third kappa shape index (κ3) is 2.79. The number of carbonyl (C=O) groups excluding carboxylic acids is 2. The lowest BCUT2D eigenvalue weighted by Gasteiger charge is -2.32. The molecule has 2 heterocycles. The van der Waals surface area contributed by atoms with Gasteiger partial charge in [-0.25, -0.2) is 4.79 Å². The number of halogens is 1. The van der Waals surface area contributed by atoms with Crippen LogP contribution in [0.25, 0.3) is 0 Å². The van der Waals surface area contributed by atoms with E-state index in [4.69, 9.17) is 5.11 Å². The number of thiophene rings is 1. The number of piperazine rings is 1. The summed E-state index contributed by atoms with van der Waals surface area (Å²) in [6.07, 6.45) is 0. The number of carbonyl (C=O) groups is 3. The second kappa shape index (κ2) is 5.30. The van der Waals surface area contributed by atoms with Crippen LogP contribution < -0.4 is 5.32 Å². The van der Waals surface area contributed by atoms with Gasteiger partial charge in [0.05, 0.1) is 8.66 Å². The van der Waals surface area contributed by atoms with E-state index in [1.165, 1.54) is 11.3 Å². The highest BCUT2D eigenvalue weighted by molar-refractivity contribution is 9.11. The summed E-state index contributed by atoms with van der Waals surface area (Å²) in [6, 6.07) is 0.661. The number of rotatable bonds is 2. The quantitative estimate of drug-likeness (QED) is 0.830. The van der Waals surface area contributed by atoms with Crippen molar-refractivity contribution in [1.29, 1.82) is 0 Å². The van der Waals surface area contributed by atoms with Crippen molar-refractivity contribution in [2.45, 2.75) is 13.0 Å². The van der Waals surface area contributed by atoms with E-state index in [-0.39, 0.29) is 19.0 Å². The first-order chi connectivity index (χ1) is 8.90. The molecule has 8 heteroatoms. The fourth-order valence-electron chi connectivity index (χ4n) is 1.78. The third-order valence-corrected chi connectivity index (χ3v) is 4.92. The van der Waals surface area contributed by atoms with E-state index in [9.17, 15) is 14.4 Å². The zero-order valence-electron chi connectivity index (χ0n) is 9.97. The zero-order valence-corrected chi connectivity index (χ0v) is 12.4. The Morgan fingerprint density at radius 2 is 2.26 bits per heavy atom. The summed E-state index contributed by atoms with van der Waals surface area (Å²) in [5, 5.41) is 11.5. The van der Waals surface area contributed by atoms with Crippen LogP contribution in [0, 0.1) is 6.92 Å². The highest BCUT2D eigenvalue weighted by Gasteiger charge is 2.36. The molecule has 6 nitrogen and oxygen atoms in total. The Labute approximate surface area is 121 Å². The average molecular weight is 347 g/mol. The number of aliphatic carboxylic acids is 1. The highest BCUT2D eigenvalue weighted by Crippen LogP contribution is 2.28. The highest BCUT2D eigenvalue weighted by atomic mass is 79.9. The van der Waals surface area contributed by atoms with Crippen molar-refractivity contribution in [1.82, 2.24) is 10.2 Å². The van der Waals surface area contributed by atoms with Gasteiger partial charge in [-0.15, -0.1) is 11.3 Å². The van der Waals surface area contributed by atoms with E-state index >= 15 is 0 Å². The van der Waals surface area contributed by atoms with Crippen LogP contribution in [0.15, 0.2) is 9.85 Å². The molecule has 2 rings (SSSR count). The number of nitrogens with zero attached hydrogens (tertiary/aromatic N) is 1. The Kier molecular flexibility index (Phi) is 3.91. The molecule has 1 atom stereocenters. The SMILES string of the molecule is Cc1cc(C(=O)N2CC(=O)NCC2C(=O)O)sc1Br. The van der Waals surface area contributed by atoms with Crippen molar-refractivity contribution < 1.29 is 19.5 Å². The molecule has 0 bridgehead atoms. The summed E-state index contributed by atoms with van der Waals surface area (Å²) >= 11 is 4.55. The number of amides is 2. The van der Waals surface area contributed by atoms with E-state index in [0.717, 1.165) is 14.2 Å². The van der Waals surface area contributed by atoms with Crippen LogP contribution in [-0.2, 0) is 9.59 Å².